The van der Waals surface area contributed by atoms with Crippen LogP contribution in [0.4, 0.5) is 4.39 Å². The summed E-state index contributed by atoms with van der Waals surface area (Å²) in [6.07, 6.45) is 2.33. The van der Waals surface area contributed by atoms with E-state index in [-0.39, 0.29) is 5.82 Å². The normalized spacial score (nSPS) is 25.3. The summed E-state index contributed by atoms with van der Waals surface area (Å²) in [5.74, 6) is -0.189. The van der Waals surface area contributed by atoms with Gasteiger partial charge in [0.25, 0.3) is 0 Å². The van der Waals surface area contributed by atoms with Crippen LogP contribution in [0.15, 0.2) is 22.7 Å². The molecule has 1 aromatic rings. The van der Waals surface area contributed by atoms with Crippen molar-refractivity contribution in [1.29, 1.82) is 0 Å². The van der Waals surface area contributed by atoms with E-state index in [4.69, 9.17) is 0 Å². The molecule has 1 aliphatic heterocycles. The molecule has 1 fully saturated rings. The van der Waals surface area contributed by atoms with E-state index in [1.54, 1.807) is 12.1 Å². The molecule has 0 saturated carbocycles. The van der Waals surface area contributed by atoms with Crippen LogP contribution in [0.3, 0.4) is 0 Å². The highest BCUT2D eigenvalue weighted by Gasteiger charge is 2.22. The van der Waals surface area contributed by atoms with Gasteiger partial charge in [0.15, 0.2) is 0 Å². The summed E-state index contributed by atoms with van der Waals surface area (Å²) in [6, 6.07) is 6.48. The summed E-state index contributed by atoms with van der Waals surface area (Å²) in [5.41, 5.74) is 1.00. The Morgan fingerprint density at radius 2 is 2.28 bits per heavy atom. The molecular weight excluding hydrogens is 295 g/mol. The fourth-order valence-corrected chi connectivity index (χ4v) is 2.63. The second-order valence-corrected chi connectivity index (χ2v) is 6.03. The van der Waals surface area contributed by atoms with E-state index in [2.05, 4.69) is 40.1 Å². The zero-order valence-corrected chi connectivity index (χ0v) is 12.5. The van der Waals surface area contributed by atoms with Crippen molar-refractivity contribution in [3.8, 4) is 0 Å². The van der Waals surface area contributed by atoms with Crippen molar-refractivity contribution in [2.24, 2.45) is 0 Å². The minimum absolute atomic E-state index is 0.189. The van der Waals surface area contributed by atoms with E-state index in [9.17, 15) is 4.39 Å². The summed E-state index contributed by atoms with van der Waals surface area (Å²) in [4.78, 5) is 2.39. The second-order valence-electron chi connectivity index (χ2n) is 5.18. The van der Waals surface area contributed by atoms with Gasteiger partial charge in [0.1, 0.15) is 5.82 Å². The first-order chi connectivity index (χ1) is 8.56. The molecule has 18 heavy (non-hydrogen) atoms. The van der Waals surface area contributed by atoms with Crippen molar-refractivity contribution in [1.82, 2.24) is 10.2 Å². The lowest BCUT2D eigenvalue weighted by Gasteiger charge is -2.35. The number of benzene rings is 1. The van der Waals surface area contributed by atoms with E-state index in [0.29, 0.717) is 16.6 Å². The topological polar surface area (TPSA) is 15.3 Å². The fourth-order valence-electron chi connectivity index (χ4n) is 2.39. The molecule has 1 heterocycles. The summed E-state index contributed by atoms with van der Waals surface area (Å²) in [6.45, 7) is 4.13. The SMILES string of the molecule is CC1CC(NCc2ccc(Br)c(F)c2)CCN1C. The van der Waals surface area contributed by atoms with E-state index >= 15 is 0 Å². The van der Waals surface area contributed by atoms with Crippen LogP contribution >= 0.6 is 15.9 Å². The number of nitrogens with zero attached hydrogens (tertiary/aromatic N) is 1. The van der Waals surface area contributed by atoms with Crippen molar-refractivity contribution in [3.05, 3.63) is 34.1 Å². The predicted molar refractivity (Wildman–Crippen MR) is 76.1 cm³/mol. The molecule has 1 aromatic carbocycles. The van der Waals surface area contributed by atoms with Crippen LogP contribution < -0.4 is 5.32 Å². The van der Waals surface area contributed by atoms with Crippen molar-refractivity contribution in [2.75, 3.05) is 13.6 Å². The third-order valence-electron chi connectivity index (χ3n) is 3.79. The Labute approximate surface area is 117 Å². The summed E-state index contributed by atoms with van der Waals surface area (Å²) in [5, 5.41) is 3.53. The maximum absolute atomic E-state index is 13.4. The molecule has 0 bridgehead atoms. The first-order valence-electron chi connectivity index (χ1n) is 6.44. The van der Waals surface area contributed by atoms with Gasteiger partial charge in [-0.05, 0) is 67.0 Å². The molecule has 1 saturated heterocycles. The zero-order chi connectivity index (χ0) is 13.1. The quantitative estimate of drug-likeness (QED) is 0.922. The lowest BCUT2D eigenvalue weighted by molar-refractivity contribution is 0.168. The Balaban J connectivity index is 1.86. The Morgan fingerprint density at radius 1 is 1.50 bits per heavy atom. The number of piperidine rings is 1. The number of hydrogen-bond acceptors (Lipinski definition) is 2. The monoisotopic (exact) mass is 314 g/mol. The van der Waals surface area contributed by atoms with Crippen molar-refractivity contribution in [2.45, 2.75) is 38.4 Å². The van der Waals surface area contributed by atoms with Gasteiger partial charge in [-0.2, -0.15) is 0 Å². The van der Waals surface area contributed by atoms with Crippen molar-refractivity contribution in [3.63, 3.8) is 0 Å². The fraction of sp³-hybridized carbons (Fsp3) is 0.571. The number of hydrogen-bond donors (Lipinski definition) is 1. The molecule has 0 aromatic heterocycles. The van der Waals surface area contributed by atoms with Crippen molar-refractivity contribution >= 4 is 15.9 Å². The van der Waals surface area contributed by atoms with Gasteiger partial charge in [-0.15, -0.1) is 0 Å². The van der Waals surface area contributed by atoms with E-state index in [1.807, 2.05) is 6.07 Å². The number of nitrogens with one attached hydrogen (secondary N) is 1. The minimum atomic E-state index is -0.189. The smallest absolute Gasteiger partial charge is 0.137 e. The third kappa shape index (κ3) is 3.53. The molecule has 2 unspecified atom stereocenters. The maximum atomic E-state index is 13.4. The standard InChI is InChI=1S/C14H20BrFN2/c1-10-7-12(5-6-18(10)2)17-9-11-3-4-13(15)14(16)8-11/h3-4,8,10,12,17H,5-7,9H2,1-2H3. The second kappa shape index (κ2) is 6.13. The lowest BCUT2D eigenvalue weighted by Crippen LogP contribution is -2.45. The molecule has 2 nitrogen and oxygen atoms in total. The van der Waals surface area contributed by atoms with E-state index in [0.717, 1.165) is 25.1 Å². The average Bonchev–Trinajstić information content (AvgIpc) is 2.35. The molecule has 0 radical (unpaired) electrons. The predicted octanol–water partition coefficient (Wildman–Crippen LogP) is 3.16. The van der Waals surface area contributed by atoms with E-state index < -0.39 is 0 Å². The summed E-state index contributed by atoms with van der Waals surface area (Å²) < 4.78 is 13.9. The third-order valence-corrected chi connectivity index (χ3v) is 4.43. The van der Waals surface area contributed by atoms with Crippen molar-refractivity contribution < 1.29 is 4.39 Å². The molecule has 2 atom stereocenters. The number of likely N-dealkylation sites (tertiary alicyclic amines) is 1. The molecular formula is C14H20BrFN2. The van der Waals surface area contributed by atoms with Gasteiger partial charge >= 0.3 is 0 Å². The first kappa shape index (κ1) is 14.0. The van der Waals surface area contributed by atoms with Crippen LogP contribution in [-0.2, 0) is 6.54 Å². The summed E-state index contributed by atoms with van der Waals surface area (Å²) in [7, 11) is 2.17. The highest BCUT2D eigenvalue weighted by atomic mass is 79.9. The molecule has 4 heteroatoms. The Kier molecular flexibility index (Phi) is 4.76. The molecule has 0 amide bonds. The van der Waals surface area contributed by atoms with Gasteiger partial charge in [0.2, 0.25) is 0 Å². The Morgan fingerprint density at radius 3 is 2.94 bits per heavy atom. The number of rotatable bonds is 3. The maximum Gasteiger partial charge on any atom is 0.137 e. The minimum Gasteiger partial charge on any atom is -0.310 e. The Bertz CT molecular complexity index is 411. The molecule has 1 N–H and O–H groups in total. The molecule has 0 spiro atoms. The molecule has 2 rings (SSSR count). The Hall–Kier alpha value is -0.450. The highest BCUT2D eigenvalue weighted by molar-refractivity contribution is 9.10. The van der Waals surface area contributed by atoms with Gasteiger partial charge in [0, 0.05) is 18.6 Å². The molecule has 100 valence electrons. The number of halogens is 2. The van der Waals surface area contributed by atoms with Gasteiger partial charge in [0.05, 0.1) is 4.47 Å². The summed E-state index contributed by atoms with van der Waals surface area (Å²) >= 11 is 3.17. The van der Waals surface area contributed by atoms with Crippen LogP contribution in [0, 0.1) is 5.82 Å². The van der Waals surface area contributed by atoms with Crippen LogP contribution in [0.1, 0.15) is 25.3 Å². The van der Waals surface area contributed by atoms with Crippen LogP contribution in [0.25, 0.3) is 0 Å². The molecule has 1 aliphatic rings. The van der Waals surface area contributed by atoms with Gasteiger partial charge in [-0.3, -0.25) is 0 Å². The van der Waals surface area contributed by atoms with Crippen LogP contribution in [0.2, 0.25) is 0 Å². The van der Waals surface area contributed by atoms with Gasteiger partial charge in [-0.25, -0.2) is 4.39 Å². The van der Waals surface area contributed by atoms with Gasteiger partial charge < -0.3 is 10.2 Å². The average molecular weight is 315 g/mol. The molecule has 0 aliphatic carbocycles. The first-order valence-corrected chi connectivity index (χ1v) is 7.23. The largest absolute Gasteiger partial charge is 0.310 e. The van der Waals surface area contributed by atoms with Crippen LogP contribution in [-0.4, -0.2) is 30.6 Å². The highest BCUT2D eigenvalue weighted by Crippen LogP contribution is 2.18. The van der Waals surface area contributed by atoms with E-state index in [1.165, 1.54) is 6.42 Å². The van der Waals surface area contributed by atoms with Gasteiger partial charge in [-0.1, -0.05) is 6.07 Å². The van der Waals surface area contributed by atoms with Crippen LogP contribution in [0.5, 0.6) is 0 Å². The lowest BCUT2D eigenvalue weighted by atomic mass is 9.99. The zero-order valence-electron chi connectivity index (χ0n) is 10.9.